The molecule has 10 heteroatoms. The normalized spacial score (nSPS) is 14.7. The zero-order valence-electron chi connectivity index (χ0n) is 15.9. The number of nitrogens with one attached hydrogen (secondary N) is 1. The molecule has 0 radical (unpaired) electrons. The minimum atomic E-state index is -2.78. The predicted octanol–water partition coefficient (Wildman–Crippen LogP) is 4.43. The highest BCUT2D eigenvalue weighted by molar-refractivity contribution is 7.93. The highest BCUT2D eigenvalue weighted by Crippen LogP contribution is 2.40. The van der Waals surface area contributed by atoms with Gasteiger partial charge in [0.2, 0.25) is 5.88 Å². The molecule has 4 rings (SSSR count). The molecule has 0 aliphatic heterocycles. The summed E-state index contributed by atoms with van der Waals surface area (Å²) in [6.45, 7) is -1.00. The topological polar surface area (TPSA) is 79.3 Å². The van der Waals surface area contributed by atoms with Gasteiger partial charge in [0, 0.05) is 17.7 Å². The van der Waals surface area contributed by atoms with Gasteiger partial charge >= 0.3 is 0 Å². The van der Waals surface area contributed by atoms with Gasteiger partial charge in [-0.15, -0.1) is 0 Å². The second-order valence-corrected chi connectivity index (χ2v) is 7.92. The number of anilines is 1. The molecule has 0 bridgehead atoms. The summed E-state index contributed by atoms with van der Waals surface area (Å²) < 4.78 is 64.2. The monoisotopic (exact) mass is 437 g/mol. The molecule has 6 nitrogen and oxygen atoms in total. The van der Waals surface area contributed by atoms with Crippen LogP contribution in [-0.2, 0) is 11.4 Å². The Hall–Kier alpha value is -2.72. The molecular formula is C20H18F3N3O3S. The van der Waals surface area contributed by atoms with Gasteiger partial charge in [0.25, 0.3) is 12.3 Å². The quantitative estimate of drug-likeness (QED) is 0.525. The Morgan fingerprint density at radius 3 is 2.70 bits per heavy atom. The summed E-state index contributed by atoms with van der Waals surface area (Å²) in [7, 11) is 1.27. The first-order chi connectivity index (χ1) is 14.5. The van der Waals surface area contributed by atoms with E-state index in [2.05, 4.69) is 19.4 Å². The van der Waals surface area contributed by atoms with E-state index >= 15 is 0 Å². The van der Waals surface area contributed by atoms with E-state index in [1.807, 2.05) is 18.2 Å². The first kappa shape index (κ1) is 20.5. The lowest BCUT2D eigenvalue weighted by atomic mass is 10.1. The van der Waals surface area contributed by atoms with Crippen molar-refractivity contribution in [2.45, 2.75) is 30.1 Å². The smallest absolute Gasteiger partial charge is 0.272 e. The van der Waals surface area contributed by atoms with Gasteiger partial charge in [0.15, 0.2) is 17.3 Å². The van der Waals surface area contributed by atoms with Crippen LogP contribution < -0.4 is 14.2 Å². The summed E-state index contributed by atoms with van der Waals surface area (Å²) in [5.74, 6) is -1.25. The highest BCUT2D eigenvalue weighted by Gasteiger charge is 2.26. The summed E-state index contributed by atoms with van der Waals surface area (Å²) in [4.78, 5) is 8.85. The molecule has 1 unspecified atom stereocenters. The van der Waals surface area contributed by atoms with Crippen molar-refractivity contribution < 1.29 is 27.2 Å². The van der Waals surface area contributed by atoms with Crippen LogP contribution in [0.5, 0.6) is 11.8 Å². The van der Waals surface area contributed by atoms with Gasteiger partial charge in [0.05, 0.1) is 18.0 Å². The Labute approximate surface area is 173 Å². The number of pyridine rings is 2. The Morgan fingerprint density at radius 2 is 2.00 bits per heavy atom. The Bertz CT molecular complexity index is 1070. The molecule has 0 spiro atoms. The van der Waals surface area contributed by atoms with Crippen LogP contribution in [0.2, 0.25) is 0 Å². The van der Waals surface area contributed by atoms with Crippen molar-refractivity contribution in [2.24, 2.45) is 0 Å². The van der Waals surface area contributed by atoms with Gasteiger partial charge in [0.1, 0.15) is 17.0 Å². The standard InChI is InChI=1S/C20H18F3N3O3S/c1-28-20-16(9-13(21)19(25-20)29-10-18(22)23)26-30(27)17-4-2-3-15-12(17)7-8-14(24-15)11-5-6-11/h2-4,7-9,11,18,26H,5-6,10H2,1H3. The summed E-state index contributed by atoms with van der Waals surface area (Å²) >= 11 is -1.79. The van der Waals surface area contributed by atoms with Crippen LogP contribution in [0.4, 0.5) is 18.9 Å². The molecule has 1 aromatic carbocycles. The third kappa shape index (κ3) is 4.39. The van der Waals surface area contributed by atoms with Crippen LogP contribution in [0.1, 0.15) is 24.5 Å². The molecule has 1 atom stereocenters. The van der Waals surface area contributed by atoms with Crippen LogP contribution >= 0.6 is 0 Å². The third-order valence-electron chi connectivity index (χ3n) is 4.56. The molecule has 158 valence electrons. The molecule has 0 amide bonds. The van der Waals surface area contributed by atoms with Gasteiger partial charge in [-0.1, -0.05) is 6.07 Å². The van der Waals surface area contributed by atoms with Gasteiger partial charge < -0.3 is 14.0 Å². The number of fused-ring (bicyclic) bond motifs is 1. The number of methoxy groups -OCH3 is 1. The van der Waals surface area contributed by atoms with E-state index in [1.165, 1.54) is 7.11 Å². The first-order valence-corrected chi connectivity index (χ1v) is 10.3. The lowest BCUT2D eigenvalue weighted by molar-refractivity contribution is 0.0770. The van der Waals surface area contributed by atoms with Crippen molar-refractivity contribution >= 4 is 28.0 Å². The number of halogens is 3. The van der Waals surface area contributed by atoms with E-state index in [1.54, 1.807) is 12.1 Å². The fraction of sp³-hybridized carbons (Fsp3) is 0.300. The van der Waals surface area contributed by atoms with Crippen molar-refractivity contribution in [3.8, 4) is 11.8 Å². The third-order valence-corrected chi connectivity index (χ3v) is 5.72. The Balaban J connectivity index is 1.60. The van der Waals surface area contributed by atoms with Crippen molar-refractivity contribution in [1.82, 2.24) is 9.97 Å². The average molecular weight is 437 g/mol. The number of aromatic nitrogens is 2. The summed E-state index contributed by atoms with van der Waals surface area (Å²) in [5, 5.41) is 0.706. The van der Waals surface area contributed by atoms with Gasteiger partial charge in [-0.3, -0.25) is 4.98 Å². The molecule has 1 aliphatic rings. The largest absolute Gasteiger partial charge is 0.588 e. The Morgan fingerprint density at radius 1 is 1.20 bits per heavy atom. The summed E-state index contributed by atoms with van der Waals surface area (Å²) in [6, 6.07) is 10.0. The second-order valence-electron chi connectivity index (χ2n) is 6.74. The fourth-order valence-corrected chi connectivity index (χ4v) is 4.02. The zero-order valence-corrected chi connectivity index (χ0v) is 16.7. The van der Waals surface area contributed by atoms with E-state index in [9.17, 15) is 17.7 Å². The maximum Gasteiger partial charge on any atom is 0.272 e. The fourth-order valence-electron chi connectivity index (χ4n) is 2.99. The molecule has 1 N–H and O–H groups in total. The van der Waals surface area contributed by atoms with Gasteiger partial charge in [-0.2, -0.15) is 9.71 Å². The minimum Gasteiger partial charge on any atom is -0.588 e. The lowest BCUT2D eigenvalue weighted by Crippen LogP contribution is -2.16. The van der Waals surface area contributed by atoms with Crippen molar-refractivity contribution in [3.05, 3.63) is 47.9 Å². The second kappa shape index (κ2) is 8.57. The van der Waals surface area contributed by atoms with Crippen molar-refractivity contribution in [2.75, 3.05) is 18.4 Å². The maximum absolute atomic E-state index is 14.2. The van der Waals surface area contributed by atoms with E-state index in [-0.39, 0.29) is 11.6 Å². The van der Waals surface area contributed by atoms with Gasteiger partial charge in [-0.05, 0) is 37.1 Å². The lowest BCUT2D eigenvalue weighted by Gasteiger charge is -2.16. The SMILES string of the molecule is COc1nc(OCC(F)F)c(F)cc1N[S+]([O-])c1cccc2nc(C3CC3)ccc12. The molecule has 1 aliphatic carbocycles. The number of nitrogens with zero attached hydrogens (tertiary/aromatic N) is 2. The zero-order chi connectivity index (χ0) is 21.3. The highest BCUT2D eigenvalue weighted by atomic mass is 32.2. The number of benzene rings is 1. The molecule has 1 saturated carbocycles. The van der Waals surface area contributed by atoms with Crippen LogP contribution in [0.25, 0.3) is 10.9 Å². The predicted molar refractivity (Wildman–Crippen MR) is 106 cm³/mol. The average Bonchev–Trinajstić information content (AvgIpc) is 3.57. The summed E-state index contributed by atoms with van der Waals surface area (Å²) in [6.07, 6.45) is -0.523. The van der Waals surface area contributed by atoms with Gasteiger partial charge in [-0.25, -0.2) is 13.2 Å². The number of rotatable bonds is 8. The molecule has 0 saturated heterocycles. The number of hydrogen-bond acceptors (Lipinski definition) is 6. The van der Waals surface area contributed by atoms with Crippen molar-refractivity contribution in [1.29, 1.82) is 0 Å². The van der Waals surface area contributed by atoms with Crippen LogP contribution in [0, 0.1) is 5.82 Å². The van der Waals surface area contributed by atoms with E-state index in [4.69, 9.17) is 4.74 Å². The summed E-state index contributed by atoms with van der Waals surface area (Å²) in [5.41, 5.74) is 1.74. The Kier molecular flexibility index (Phi) is 5.87. The molecule has 2 aromatic heterocycles. The van der Waals surface area contributed by atoms with Crippen molar-refractivity contribution in [3.63, 3.8) is 0 Å². The van der Waals surface area contributed by atoms with E-state index in [0.29, 0.717) is 16.2 Å². The molecular weight excluding hydrogens is 419 g/mol. The number of ether oxygens (including phenoxy) is 2. The molecule has 30 heavy (non-hydrogen) atoms. The minimum absolute atomic E-state index is 0.00251. The van der Waals surface area contributed by atoms with Crippen LogP contribution in [-0.4, -0.2) is 34.7 Å². The molecule has 1 fully saturated rings. The number of hydrogen-bond donors (Lipinski definition) is 1. The molecule has 2 heterocycles. The van der Waals surface area contributed by atoms with E-state index < -0.39 is 36.1 Å². The van der Waals surface area contributed by atoms with Crippen LogP contribution in [0.15, 0.2) is 41.3 Å². The van der Waals surface area contributed by atoms with E-state index in [0.717, 1.165) is 30.1 Å². The maximum atomic E-state index is 14.2. The first-order valence-electron chi connectivity index (χ1n) is 9.20. The molecule has 3 aromatic rings. The van der Waals surface area contributed by atoms with Crippen LogP contribution in [0.3, 0.4) is 0 Å². The number of alkyl halides is 2.